The summed E-state index contributed by atoms with van der Waals surface area (Å²) in [5.41, 5.74) is 0.485. The van der Waals surface area contributed by atoms with Crippen LogP contribution in [0.15, 0.2) is 18.2 Å². The number of carbonyl (C=O) groups is 1. The van der Waals surface area contributed by atoms with E-state index in [0.29, 0.717) is 12.1 Å². The van der Waals surface area contributed by atoms with E-state index in [9.17, 15) is 9.18 Å². The lowest BCUT2D eigenvalue weighted by molar-refractivity contribution is -0.117. The van der Waals surface area contributed by atoms with Crippen molar-refractivity contribution in [2.24, 2.45) is 5.41 Å². The summed E-state index contributed by atoms with van der Waals surface area (Å²) in [6, 6.07) is 4.29. The van der Waals surface area contributed by atoms with Crippen molar-refractivity contribution < 1.29 is 14.3 Å². The van der Waals surface area contributed by atoms with Gasteiger partial charge in [0, 0.05) is 12.1 Å². The first kappa shape index (κ1) is 15.2. The van der Waals surface area contributed by atoms with Crippen LogP contribution >= 0.6 is 0 Å². The van der Waals surface area contributed by atoms with Gasteiger partial charge in [-0.1, -0.05) is 32.6 Å². The fourth-order valence-corrected chi connectivity index (χ4v) is 1.52. The third-order valence-corrected chi connectivity index (χ3v) is 2.25. The lowest BCUT2D eigenvalue weighted by Crippen LogP contribution is -2.19. The minimum absolute atomic E-state index is 0.116. The maximum absolute atomic E-state index is 13.6. The Morgan fingerprint density at radius 2 is 2.11 bits per heavy atom. The highest BCUT2D eigenvalue weighted by Gasteiger charge is 2.16. The number of hydrogen-bond donors (Lipinski definition) is 2. The topological polar surface area (TPSA) is 49.3 Å². The van der Waals surface area contributed by atoms with E-state index < -0.39 is 5.82 Å². The van der Waals surface area contributed by atoms with Crippen molar-refractivity contribution >= 4 is 11.6 Å². The molecule has 0 bridgehead atoms. The second-order valence-corrected chi connectivity index (χ2v) is 5.44. The number of benzene rings is 1. The van der Waals surface area contributed by atoms with Gasteiger partial charge in [0.05, 0.1) is 5.56 Å². The summed E-state index contributed by atoms with van der Waals surface area (Å²) in [6.07, 6.45) is 0.362. The molecule has 0 aromatic heterocycles. The third-order valence-electron chi connectivity index (χ3n) is 2.25. The highest BCUT2D eigenvalue weighted by molar-refractivity contribution is 5.91. The zero-order valence-electron chi connectivity index (χ0n) is 11.4. The normalized spacial score (nSPS) is 10.6. The summed E-state index contributed by atoms with van der Waals surface area (Å²) < 4.78 is 13.6. The number of aliphatic hydroxyl groups is 1. The Hall–Kier alpha value is -1.86. The monoisotopic (exact) mass is 263 g/mol. The molecule has 3 nitrogen and oxygen atoms in total. The minimum Gasteiger partial charge on any atom is -0.384 e. The van der Waals surface area contributed by atoms with Crippen LogP contribution in [0.2, 0.25) is 0 Å². The quantitative estimate of drug-likeness (QED) is 0.806. The average Bonchev–Trinajstić information content (AvgIpc) is 2.25. The Morgan fingerprint density at radius 1 is 1.42 bits per heavy atom. The molecule has 0 aliphatic heterocycles. The fraction of sp³-hybridized carbons (Fsp3) is 0.400. The first-order chi connectivity index (χ1) is 8.81. The minimum atomic E-state index is -0.519. The molecule has 0 fully saturated rings. The molecule has 0 atom stereocenters. The zero-order valence-corrected chi connectivity index (χ0v) is 11.4. The summed E-state index contributed by atoms with van der Waals surface area (Å²) in [5, 5.41) is 11.2. The van der Waals surface area contributed by atoms with E-state index in [1.807, 2.05) is 20.8 Å². The first-order valence-electron chi connectivity index (χ1n) is 6.01. The second kappa shape index (κ2) is 6.35. The predicted octanol–water partition coefficient (Wildman–Crippen LogP) is 2.54. The van der Waals surface area contributed by atoms with Gasteiger partial charge >= 0.3 is 0 Å². The molecule has 0 radical (unpaired) electrons. The Balaban J connectivity index is 2.76. The summed E-state index contributed by atoms with van der Waals surface area (Å²) in [4.78, 5) is 11.7. The molecule has 0 unspecified atom stereocenters. The van der Waals surface area contributed by atoms with Gasteiger partial charge in [-0.2, -0.15) is 0 Å². The van der Waals surface area contributed by atoms with Crippen LogP contribution in [0.1, 0.15) is 32.8 Å². The molecule has 1 aromatic carbocycles. The van der Waals surface area contributed by atoms with E-state index in [0.717, 1.165) is 0 Å². The maximum Gasteiger partial charge on any atom is 0.224 e. The van der Waals surface area contributed by atoms with Crippen molar-refractivity contribution in [3.8, 4) is 11.8 Å². The van der Waals surface area contributed by atoms with Crippen LogP contribution in [0, 0.1) is 23.1 Å². The van der Waals surface area contributed by atoms with Gasteiger partial charge in [0.2, 0.25) is 5.91 Å². The molecular formula is C15H18FNO2. The summed E-state index contributed by atoms with van der Waals surface area (Å²) in [7, 11) is 0. The van der Waals surface area contributed by atoms with Crippen LogP contribution in [-0.4, -0.2) is 17.6 Å². The number of rotatable bonds is 2. The van der Waals surface area contributed by atoms with Crippen LogP contribution in [0.5, 0.6) is 0 Å². The van der Waals surface area contributed by atoms with Crippen LogP contribution in [-0.2, 0) is 4.79 Å². The third kappa shape index (κ3) is 5.54. The van der Waals surface area contributed by atoms with E-state index in [2.05, 4.69) is 17.2 Å². The van der Waals surface area contributed by atoms with Gasteiger partial charge in [0.1, 0.15) is 12.4 Å². The smallest absolute Gasteiger partial charge is 0.224 e. The molecule has 1 rings (SSSR count). The Labute approximate surface area is 112 Å². The molecule has 0 spiro atoms. The second-order valence-electron chi connectivity index (χ2n) is 5.44. The molecule has 2 N–H and O–H groups in total. The molecule has 1 amide bonds. The number of nitrogens with one attached hydrogen (secondary N) is 1. The lowest BCUT2D eigenvalue weighted by Gasteiger charge is -2.17. The lowest BCUT2D eigenvalue weighted by atomic mass is 9.92. The summed E-state index contributed by atoms with van der Waals surface area (Å²) in [6.45, 7) is 5.56. The Morgan fingerprint density at radius 3 is 2.63 bits per heavy atom. The number of aliphatic hydroxyl groups excluding tert-OH is 1. The fourth-order valence-electron chi connectivity index (χ4n) is 1.52. The van der Waals surface area contributed by atoms with Crippen molar-refractivity contribution in [3.63, 3.8) is 0 Å². The molecule has 0 saturated heterocycles. The van der Waals surface area contributed by atoms with Crippen molar-refractivity contribution in [1.82, 2.24) is 0 Å². The Kier molecular flexibility index (Phi) is 5.08. The largest absolute Gasteiger partial charge is 0.384 e. The maximum atomic E-state index is 13.6. The highest BCUT2D eigenvalue weighted by atomic mass is 19.1. The first-order valence-corrected chi connectivity index (χ1v) is 6.01. The van der Waals surface area contributed by atoms with E-state index in [1.165, 1.54) is 12.1 Å². The number of hydrogen-bond acceptors (Lipinski definition) is 2. The van der Waals surface area contributed by atoms with Crippen molar-refractivity contribution in [1.29, 1.82) is 0 Å². The highest BCUT2D eigenvalue weighted by Crippen LogP contribution is 2.20. The molecule has 4 heteroatoms. The average molecular weight is 263 g/mol. The van der Waals surface area contributed by atoms with Crippen molar-refractivity contribution in [2.45, 2.75) is 27.2 Å². The number of anilines is 1. The molecular weight excluding hydrogens is 245 g/mol. The van der Waals surface area contributed by atoms with Gasteiger partial charge in [-0.05, 0) is 23.6 Å². The van der Waals surface area contributed by atoms with Crippen molar-refractivity contribution in [2.75, 3.05) is 11.9 Å². The molecule has 0 heterocycles. The van der Waals surface area contributed by atoms with Crippen molar-refractivity contribution in [3.05, 3.63) is 29.6 Å². The van der Waals surface area contributed by atoms with Gasteiger partial charge in [-0.15, -0.1) is 0 Å². The molecule has 0 aliphatic rings. The van der Waals surface area contributed by atoms with E-state index in [4.69, 9.17) is 5.11 Å². The standard InChI is InChI=1S/C15H18FNO2/c1-15(2,3)10-14(19)17-12-7-6-11(5-4-8-18)13(16)9-12/h6-7,9,18H,8,10H2,1-3H3,(H,17,19). The number of halogens is 1. The van der Waals surface area contributed by atoms with Crippen LogP contribution in [0.25, 0.3) is 0 Å². The van der Waals surface area contributed by atoms with E-state index in [1.54, 1.807) is 6.07 Å². The van der Waals surface area contributed by atoms with E-state index >= 15 is 0 Å². The van der Waals surface area contributed by atoms with Crippen LogP contribution in [0.3, 0.4) is 0 Å². The SMILES string of the molecule is CC(C)(C)CC(=O)Nc1ccc(C#CCO)c(F)c1. The van der Waals surface area contributed by atoms with Crippen LogP contribution < -0.4 is 5.32 Å². The van der Waals surface area contributed by atoms with E-state index in [-0.39, 0.29) is 23.5 Å². The summed E-state index contributed by atoms with van der Waals surface area (Å²) >= 11 is 0. The van der Waals surface area contributed by atoms with Gasteiger partial charge in [0.25, 0.3) is 0 Å². The molecule has 1 aromatic rings. The van der Waals surface area contributed by atoms with Gasteiger partial charge in [0.15, 0.2) is 0 Å². The molecule has 102 valence electrons. The van der Waals surface area contributed by atoms with Gasteiger partial charge < -0.3 is 10.4 Å². The molecule has 19 heavy (non-hydrogen) atoms. The van der Waals surface area contributed by atoms with Gasteiger partial charge in [-0.3, -0.25) is 4.79 Å². The van der Waals surface area contributed by atoms with Gasteiger partial charge in [-0.25, -0.2) is 4.39 Å². The molecule has 0 aliphatic carbocycles. The summed E-state index contributed by atoms with van der Waals surface area (Å²) in [5.74, 6) is 4.20. The number of amides is 1. The molecule has 0 saturated carbocycles. The van der Waals surface area contributed by atoms with Crippen LogP contribution in [0.4, 0.5) is 10.1 Å². The predicted molar refractivity (Wildman–Crippen MR) is 73.1 cm³/mol. The zero-order chi connectivity index (χ0) is 14.5. The Bertz CT molecular complexity index is 521. The number of carbonyl (C=O) groups excluding carboxylic acids is 1.